The normalized spacial score (nSPS) is 19.8. The highest BCUT2D eigenvalue weighted by atomic mass is 19.1. The second-order valence-electron chi connectivity index (χ2n) is 4.73. The van der Waals surface area contributed by atoms with E-state index in [-0.39, 0.29) is 18.3 Å². The van der Waals surface area contributed by atoms with Gasteiger partial charge >= 0.3 is 5.97 Å². The van der Waals surface area contributed by atoms with E-state index in [1.54, 1.807) is 12.1 Å². The van der Waals surface area contributed by atoms with Crippen molar-refractivity contribution in [2.45, 2.75) is 38.1 Å². The van der Waals surface area contributed by atoms with Crippen LogP contribution in [-0.4, -0.2) is 23.7 Å². The molecule has 1 heterocycles. The van der Waals surface area contributed by atoms with E-state index in [1.807, 2.05) is 11.0 Å². The largest absolute Gasteiger partial charge is 0.481 e. The smallest absolute Gasteiger partial charge is 0.303 e. The molecular weight excluding hydrogens is 233 g/mol. The first-order valence-electron chi connectivity index (χ1n) is 6.41. The molecule has 0 radical (unpaired) electrons. The Kier molecular flexibility index (Phi) is 4.18. The minimum atomic E-state index is -0.783. The number of para-hydroxylation sites is 1. The molecule has 0 aromatic heterocycles. The lowest BCUT2D eigenvalue weighted by molar-refractivity contribution is -0.137. The standard InChI is InChI=1S/C14H18FNO2/c15-12-6-1-2-7-13(12)16-10-4-3-5-11(16)8-9-14(17)18/h1-2,6-7,11H,3-5,8-10H2,(H,17,18). The van der Waals surface area contributed by atoms with E-state index < -0.39 is 5.97 Å². The van der Waals surface area contributed by atoms with Crippen molar-refractivity contribution in [2.75, 3.05) is 11.4 Å². The molecule has 1 unspecified atom stereocenters. The molecule has 1 aliphatic heterocycles. The summed E-state index contributed by atoms with van der Waals surface area (Å²) in [4.78, 5) is 12.7. The van der Waals surface area contributed by atoms with Crippen LogP contribution in [-0.2, 0) is 4.79 Å². The van der Waals surface area contributed by atoms with Gasteiger partial charge in [-0.3, -0.25) is 4.79 Å². The van der Waals surface area contributed by atoms with Crippen molar-refractivity contribution < 1.29 is 14.3 Å². The first-order chi connectivity index (χ1) is 8.68. The summed E-state index contributed by atoms with van der Waals surface area (Å²) >= 11 is 0. The molecule has 1 saturated heterocycles. The predicted molar refractivity (Wildman–Crippen MR) is 68.3 cm³/mol. The van der Waals surface area contributed by atoms with Crippen LogP contribution in [0.5, 0.6) is 0 Å². The summed E-state index contributed by atoms with van der Waals surface area (Å²) < 4.78 is 13.8. The van der Waals surface area contributed by atoms with E-state index in [2.05, 4.69) is 0 Å². The van der Waals surface area contributed by atoms with Crippen molar-refractivity contribution in [2.24, 2.45) is 0 Å². The number of carboxylic acids is 1. The third-order valence-corrected chi connectivity index (χ3v) is 3.48. The molecular formula is C14H18FNO2. The fourth-order valence-electron chi connectivity index (χ4n) is 2.59. The van der Waals surface area contributed by atoms with Gasteiger partial charge in [-0.2, -0.15) is 0 Å². The van der Waals surface area contributed by atoms with Gasteiger partial charge in [-0.25, -0.2) is 4.39 Å². The lowest BCUT2D eigenvalue weighted by Gasteiger charge is -2.37. The van der Waals surface area contributed by atoms with E-state index >= 15 is 0 Å². The first-order valence-corrected chi connectivity index (χ1v) is 6.41. The molecule has 1 aromatic carbocycles. The Labute approximate surface area is 106 Å². The van der Waals surface area contributed by atoms with E-state index in [4.69, 9.17) is 5.11 Å². The van der Waals surface area contributed by atoms with Crippen molar-refractivity contribution in [3.63, 3.8) is 0 Å². The number of anilines is 1. The number of carboxylic acid groups (broad SMARTS) is 1. The highest BCUT2D eigenvalue weighted by molar-refractivity contribution is 5.66. The second kappa shape index (κ2) is 5.85. The first kappa shape index (κ1) is 12.9. The highest BCUT2D eigenvalue weighted by Gasteiger charge is 2.24. The van der Waals surface area contributed by atoms with Crippen LogP contribution in [0.1, 0.15) is 32.1 Å². The summed E-state index contributed by atoms with van der Waals surface area (Å²) in [6.07, 6.45) is 3.81. The van der Waals surface area contributed by atoms with Crippen LogP contribution in [0.3, 0.4) is 0 Å². The molecule has 2 rings (SSSR count). The summed E-state index contributed by atoms with van der Waals surface area (Å²) in [5.74, 6) is -1.01. The molecule has 0 amide bonds. The Morgan fingerprint density at radius 2 is 2.17 bits per heavy atom. The van der Waals surface area contributed by atoms with E-state index in [9.17, 15) is 9.18 Å². The summed E-state index contributed by atoms with van der Waals surface area (Å²) in [5.41, 5.74) is 0.604. The van der Waals surface area contributed by atoms with Crippen molar-refractivity contribution in [1.29, 1.82) is 0 Å². The van der Waals surface area contributed by atoms with E-state index in [0.717, 1.165) is 25.8 Å². The van der Waals surface area contributed by atoms with Gasteiger partial charge in [0.1, 0.15) is 5.82 Å². The summed E-state index contributed by atoms with van der Waals surface area (Å²) in [6.45, 7) is 0.811. The van der Waals surface area contributed by atoms with Crippen molar-refractivity contribution in [3.05, 3.63) is 30.1 Å². The van der Waals surface area contributed by atoms with Crippen molar-refractivity contribution >= 4 is 11.7 Å². The Morgan fingerprint density at radius 3 is 2.89 bits per heavy atom. The maximum Gasteiger partial charge on any atom is 0.303 e. The molecule has 3 nitrogen and oxygen atoms in total. The third-order valence-electron chi connectivity index (χ3n) is 3.48. The lowest BCUT2D eigenvalue weighted by Crippen LogP contribution is -2.40. The van der Waals surface area contributed by atoms with Gasteiger partial charge in [0.05, 0.1) is 5.69 Å². The van der Waals surface area contributed by atoms with Gasteiger partial charge in [0, 0.05) is 19.0 Å². The van der Waals surface area contributed by atoms with Gasteiger partial charge < -0.3 is 10.0 Å². The summed E-state index contributed by atoms with van der Waals surface area (Å²) in [5, 5.41) is 8.76. The number of rotatable bonds is 4. The fraction of sp³-hybridized carbons (Fsp3) is 0.500. The number of piperidine rings is 1. The maximum absolute atomic E-state index is 13.8. The summed E-state index contributed by atoms with van der Waals surface area (Å²) in [7, 11) is 0. The van der Waals surface area contributed by atoms with E-state index in [1.165, 1.54) is 6.07 Å². The minimum absolute atomic E-state index is 0.145. The molecule has 0 spiro atoms. The Balaban J connectivity index is 2.12. The summed E-state index contributed by atoms with van der Waals surface area (Å²) in [6, 6.07) is 6.87. The average molecular weight is 251 g/mol. The molecule has 98 valence electrons. The third kappa shape index (κ3) is 3.00. The molecule has 1 aliphatic rings. The number of benzene rings is 1. The van der Waals surface area contributed by atoms with Crippen LogP contribution in [0.25, 0.3) is 0 Å². The maximum atomic E-state index is 13.8. The van der Waals surface area contributed by atoms with Crippen LogP contribution in [0.15, 0.2) is 24.3 Å². The number of hydrogen-bond donors (Lipinski definition) is 1. The number of carbonyl (C=O) groups is 1. The topological polar surface area (TPSA) is 40.5 Å². The van der Waals surface area contributed by atoms with Crippen molar-refractivity contribution in [3.8, 4) is 0 Å². The lowest BCUT2D eigenvalue weighted by atomic mass is 9.97. The van der Waals surface area contributed by atoms with Gasteiger partial charge in [0.25, 0.3) is 0 Å². The molecule has 1 atom stereocenters. The van der Waals surface area contributed by atoms with Crippen LogP contribution in [0.4, 0.5) is 10.1 Å². The van der Waals surface area contributed by atoms with Crippen LogP contribution < -0.4 is 4.90 Å². The number of hydrogen-bond acceptors (Lipinski definition) is 2. The monoisotopic (exact) mass is 251 g/mol. The minimum Gasteiger partial charge on any atom is -0.481 e. The molecule has 0 aliphatic carbocycles. The number of nitrogens with zero attached hydrogens (tertiary/aromatic N) is 1. The fourth-order valence-corrected chi connectivity index (χ4v) is 2.59. The molecule has 18 heavy (non-hydrogen) atoms. The zero-order valence-corrected chi connectivity index (χ0v) is 10.3. The molecule has 1 fully saturated rings. The molecule has 1 aromatic rings. The van der Waals surface area contributed by atoms with Gasteiger partial charge in [-0.1, -0.05) is 12.1 Å². The Morgan fingerprint density at radius 1 is 1.39 bits per heavy atom. The van der Waals surface area contributed by atoms with Gasteiger partial charge in [-0.05, 0) is 37.8 Å². The molecule has 4 heteroatoms. The molecule has 0 saturated carbocycles. The van der Waals surface area contributed by atoms with E-state index in [0.29, 0.717) is 12.1 Å². The van der Waals surface area contributed by atoms with Gasteiger partial charge in [0.2, 0.25) is 0 Å². The SMILES string of the molecule is O=C(O)CCC1CCCCN1c1ccccc1F. The second-order valence-corrected chi connectivity index (χ2v) is 4.73. The van der Waals surface area contributed by atoms with Crippen LogP contribution in [0.2, 0.25) is 0 Å². The Bertz CT molecular complexity index is 422. The van der Waals surface area contributed by atoms with Crippen LogP contribution >= 0.6 is 0 Å². The molecule has 0 bridgehead atoms. The zero-order chi connectivity index (χ0) is 13.0. The van der Waals surface area contributed by atoms with Gasteiger partial charge in [0.15, 0.2) is 0 Å². The van der Waals surface area contributed by atoms with Crippen LogP contribution in [0, 0.1) is 5.82 Å². The molecule has 1 N–H and O–H groups in total. The van der Waals surface area contributed by atoms with Gasteiger partial charge in [-0.15, -0.1) is 0 Å². The predicted octanol–water partition coefficient (Wildman–Crippen LogP) is 3.05. The number of aliphatic carboxylic acids is 1. The average Bonchev–Trinajstić information content (AvgIpc) is 2.37. The quantitative estimate of drug-likeness (QED) is 0.894. The zero-order valence-electron chi connectivity index (χ0n) is 10.3. The van der Waals surface area contributed by atoms with Crippen molar-refractivity contribution in [1.82, 2.24) is 0 Å². The Hall–Kier alpha value is -1.58. The highest BCUT2D eigenvalue weighted by Crippen LogP contribution is 2.29. The number of halogens is 1.